The molecule has 0 aliphatic carbocycles. The average Bonchev–Trinajstić information content (AvgIpc) is 2.25. The van der Waals surface area contributed by atoms with E-state index in [1.165, 1.54) is 6.92 Å². The lowest BCUT2D eigenvalue weighted by Crippen LogP contribution is -2.47. The lowest BCUT2D eigenvalue weighted by molar-refractivity contribution is -0.294. The van der Waals surface area contributed by atoms with Crippen LogP contribution in [-0.4, -0.2) is 18.6 Å². The number of halogens is 6. The summed E-state index contributed by atoms with van der Waals surface area (Å²) in [6, 6.07) is 1.26. The highest BCUT2D eigenvalue weighted by atomic mass is 19.4. The van der Waals surface area contributed by atoms with Gasteiger partial charge in [0.25, 0.3) is 0 Å². The Hall–Kier alpha value is -1.24. The molecule has 0 saturated heterocycles. The van der Waals surface area contributed by atoms with Crippen LogP contribution in [0.5, 0.6) is 0 Å². The van der Waals surface area contributed by atoms with Crippen LogP contribution in [0.3, 0.4) is 0 Å². The second-order valence-electron chi connectivity index (χ2n) is 3.66. The SMILES string of the molecule is CCNC(c1ccc(F)cc1)C(F)(F)C(F)(F)F. The van der Waals surface area contributed by atoms with Crippen molar-refractivity contribution < 1.29 is 26.3 Å². The molecule has 1 unspecified atom stereocenters. The average molecular weight is 271 g/mol. The highest BCUT2D eigenvalue weighted by Crippen LogP contribution is 2.44. The minimum absolute atomic E-state index is 0.0757. The zero-order valence-corrected chi connectivity index (χ0v) is 9.36. The van der Waals surface area contributed by atoms with Gasteiger partial charge in [0, 0.05) is 0 Å². The molecule has 1 aromatic rings. The molecule has 0 aliphatic rings. The van der Waals surface area contributed by atoms with Crippen molar-refractivity contribution in [2.75, 3.05) is 6.54 Å². The van der Waals surface area contributed by atoms with E-state index in [9.17, 15) is 26.3 Å². The summed E-state index contributed by atoms with van der Waals surface area (Å²) in [5.74, 6) is -5.63. The van der Waals surface area contributed by atoms with Gasteiger partial charge in [-0.15, -0.1) is 0 Å². The molecule has 0 amide bonds. The highest BCUT2D eigenvalue weighted by Gasteiger charge is 2.62. The van der Waals surface area contributed by atoms with Crippen molar-refractivity contribution in [1.29, 1.82) is 0 Å². The Kier molecular flexibility index (Phi) is 4.26. The minimum atomic E-state index is -5.67. The molecule has 7 heteroatoms. The molecule has 1 nitrogen and oxygen atoms in total. The standard InChI is InChI=1S/C11H11F6N/c1-2-18-9(10(13,14)11(15,16)17)7-3-5-8(12)6-4-7/h3-6,9,18H,2H2,1H3. The van der Waals surface area contributed by atoms with Gasteiger partial charge in [-0.25, -0.2) is 4.39 Å². The molecule has 1 rings (SSSR count). The molecule has 0 fully saturated rings. The predicted octanol–water partition coefficient (Wildman–Crippen LogP) is 3.67. The second-order valence-corrected chi connectivity index (χ2v) is 3.66. The molecule has 1 atom stereocenters. The molecule has 0 aliphatic heterocycles. The summed E-state index contributed by atoms with van der Waals surface area (Å²) in [7, 11) is 0. The second kappa shape index (κ2) is 5.17. The van der Waals surface area contributed by atoms with Gasteiger partial charge in [0.1, 0.15) is 11.9 Å². The first-order valence-electron chi connectivity index (χ1n) is 5.13. The molecule has 0 bridgehead atoms. The van der Waals surface area contributed by atoms with Crippen LogP contribution < -0.4 is 5.32 Å². The zero-order chi connectivity index (χ0) is 14.0. The van der Waals surface area contributed by atoms with E-state index in [2.05, 4.69) is 5.32 Å². The molecule has 0 radical (unpaired) electrons. The fourth-order valence-electron chi connectivity index (χ4n) is 1.48. The van der Waals surface area contributed by atoms with Crippen LogP contribution in [0.2, 0.25) is 0 Å². The van der Waals surface area contributed by atoms with Crippen LogP contribution in [0.4, 0.5) is 26.3 Å². The van der Waals surface area contributed by atoms with Crippen LogP contribution >= 0.6 is 0 Å². The van der Waals surface area contributed by atoms with E-state index < -0.39 is 24.0 Å². The van der Waals surface area contributed by atoms with Crippen molar-refractivity contribution >= 4 is 0 Å². The third kappa shape index (κ3) is 2.95. The minimum Gasteiger partial charge on any atom is -0.305 e. The number of hydrogen-bond donors (Lipinski definition) is 1. The summed E-state index contributed by atoms with van der Waals surface area (Å²) in [6.45, 7) is 1.33. The maximum Gasteiger partial charge on any atom is 0.455 e. The first kappa shape index (κ1) is 14.8. The van der Waals surface area contributed by atoms with E-state index in [0.29, 0.717) is 0 Å². The molecule has 1 N–H and O–H groups in total. The van der Waals surface area contributed by atoms with Gasteiger partial charge in [0.05, 0.1) is 0 Å². The number of nitrogens with one attached hydrogen (secondary N) is 1. The van der Waals surface area contributed by atoms with Gasteiger partial charge in [-0.1, -0.05) is 19.1 Å². The van der Waals surface area contributed by atoms with Crippen molar-refractivity contribution in [3.63, 3.8) is 0 Å². The summed E-state index contributed by atoms with van der Waals surface area (Å²) in [6.07, 6.45) is -5.67. The smallest absolute Gasteiger partial charge is 0.305 e. The summed E-state index contributed by atoms with van der Waals surface area (Å²) in [5.41, 5.74) is -0.319. The fraction of sp³-hybridized carbons (Fsp3) is 0.455. The van der Waals surface area contributed by atoms with E-state index in [1.54, 1.807) is 0 Å². The maximum atomic E-state index is 13.3. The fourth-order valence-corrected chi connectivity index (χ4v) is 1.48. The van der Waals surface area contributed by atoms with Gasteiger partial charge in [-0.3, -0.25) is 0 Å². The van der Waals surface area contributed by atoms with Gasteiger partial charge in [-0.2, -0.15) is 22.0 Å². The quantitative estimate of drug-likeness (QED) is 0.824. The molecule has 18 heavy (non-hydrogen) atoms. The lowest BCUT2D eigenvalue weighted by Gasteiger charge is -2.29. The van der Waals surface area contributed by atoms with E-state index in [1.807, 2.05) is 0 Å². The number of alkyl halides is 5. The molecule has 1 aromatic carbocycles. The molecule has 0 spiro atoms. The number of benzene rings is 1. The van der Waals surface area contributed by atoms with Gasteiger partial charge in [-0.05, 0) is 24.2 Å². The van der Waals surface area contributed by atoms with E-state index in [4.69, 9.17) is 0 Å². The lowest BCUT2D eigenvalue weighted by atomic mass is 10.00. The normalized spacial score (nSPS) is 14.6. The Bertz CT molecular complexity index is 384. The largest absolute Gasteiger partial charge is 0.455 e. The molecular formula is C11H11F6N. The summed E-state index contributed by atoms with van der Waals surface area (Å²) in [4.78, 5) is 0. The van der Waals surface area contributed by atoms with Crippen LogP contribution in [0.25, 0.3) is 0 Å². The molecule has 0 aromatic heterocycles. The van der Waals surface area contributed by atoms with E-state index >= 15 is 0 Å². The van der Waals surface area contributed by atoms with Crippen LogP contribution in [0.1, 0.15) is 18.5 Å². The molecule has 102 valence electrons. The molecule has 0 heterocycles. The highest BCUT2D eigenvalue weighted by molar-refractivity contribution is 5.22. The van der Waals surface area contributed by atoms with Gasteiger partial charge in [0.2, 0.25) is 0 Å². The third-order valence-corrected chi connectivity index (χ3v) is 2.35. The Morgan fingerprint density at radius 2 is 1.56 bits per heavy atom. The first-order chi connectivity index (χ1) is 8.20. The summed E-state index contributed by atoms with van der Waals surface area (Å²) < 4.78 is 76.1. The molecule has 0 saturated carbocycles. The number of hydrogen-bond acceptors (Lipinski definition) is 1. The maximum absolute atomic E-state index is 13.3. The predicted molar refractivity (Wildman–Crippen MR) is 53.8 cm³/mol. The summed E-state index contributed by atoms with van der Waals surface area (Å²) >= 11 is 0. The summed E-state index contributed by atoms with van der Waals surface area (Å²) in [5, 5.41) is 2.07. The van der Waals surface area contributed by atoms with E-state index in [0.717, 1.165) is 24.3 Å². The van der Waals surface area contributed by atoms with Crippen molar-refractivity contribution in [3.8, 4) is 0 Å². The van der Waals surface area contributed by atoms with Crippen LogP contribution in [0, 0.1) is 5.82 Å². The van der Waals surface area contributed by atoms with Crippen LogP contribution in [-0.2, 0) is 0 Å². The van der Waals surface area contributed by atoms with Crippen molar-refractivity contribution in [1.82, 2.24) is 5.32 Å². The topological polar surface area (TPSA) is 12.0 Å². The van der Waals surface area contributed by atoms with E-state index in [-0.39, 0.29) is 12.1 Å². The Morgan fingerprint density at radius 1 is 1.06 bits per heavy atom. The van der Waals surface area contributed by atoms with Crippen molar-refractivity contribution in [3.05, 3.63) is 35.6 Å². The van der Waals surface area contributed by atoms with Crippen molar-refractivity contribution in [2.24, 2.45) is 0 Å². The monoisotopic (exact) mass is 271 g/mol. The third-order valence-electron chi connectivity index (χ3n) is 2.35. The Balaban J connectivity index is 3.13. The zero-order valence-electron chi connectivity index (χ0n) is 9.36. The number of rotatable bonds is 4. The van der Waals surface area contributed by atoms with Gasteiger partial charge >= 0.3 is 12.1 Å². The first-order valence-corrected chi connectivity index (χ1v) is 5.13. The Morgan fingerprint density at radius 3 is 1.94 bits per heavy atom. The van der Waals surface area contributed by atoms with Gasteiger partial charge in [0.15, 0.2) is 0 Å². The van der Waals surface area contributed by atoms with Crippen LogP contribution in [0.15, 0.2) is 24.3 Å². The Labute approximate surface area is 99.8 Å². The van der Waals surface area contributed by atoms with Crippen molar-refractivity contribution in [2.45, 2.75) is 25.1 Å². The van der Waals surface area contributed by atoms with Gasteiger partial charge < -0.3 is 5.32 Å². The molecular weight excluding hydrogens is 260 g/mol.